The number of aryl methyl sites for hydroxylation is 1. The summed E-state index contributed by atoms with van der Waals surface area (Å²) in [6.45, 7) is 6.66. The predicted molar refractivity (Wildman–Crippen MR) is 79.5 cm³/mol. The van der Waals surface area contributed by atoms with Gasteiger partial charge in [0.05, 0.1) is 24.0 Å². The van der Waals surface area contributed by atoms with Crippen LogP contribution in [-0.2, 0) is 5.88 Å². The summed E-state index contributed by atoms with van der Waals surface area (Å²) in [6.07, 6.45) is 2.87. The maximum atomic E-state index is 8.93. The first kappa shape index (κ1) is 15.9. The Bertz CT molecular complexity index is 449. The average Bonchev–Trinajstić information content (AvgIpc) is 2.39. The van der Waals surface area contributed by atoms with E-state index in [4.69, 9.17) is 21.6 Å². The first-order valence-electron chi connectivity index (χ1n) is 6.68. The molecule has 0 amide bonds. The molecular weight excluding hydrogens is 258 g/mol. The van der Waals surface area contributed by atoms with Crippen LogP contribution in [0, 0.1) is 23.7 Å². The van der Waals surface area contributed by atoms with E-state index in [1.165, 1.54) is 5.56 Å². The lowest BCUT2D eigenvalue weighted by Crippen LogP contribution is -2.08. The second-order valence-electron chi connectivity index (χ2n) is 5.55. The Kier molecular flexibility index (Phi) is 6.18. The number of unbranched alkanes of at least 4 members (excludes halogenated alkanes) is 1. The highest BCUT2D eigenvalue weighted by Gasteiger charge is 2.15. The first-order chi connectivity index (χ1) is 8.98. The molecule has 1 aromatic carbocycles. The normalized spacial score (nSPS) is 11.1. The van der Waals surface area contributed by atoms with Crippen LogP contribution in [0.1, 0.15) is 44.2 Å². The Hall–Kier alpha value is -1.20. The number of nitriles is 1. The molecule has 1 rings (SSSR count). The van der Waals surface area contributed by atoms with E-state index in [0.29, 0.717) is 12.5 Å². The Morgan fingerprint density at radius 2 is 2.05 bits per heavy atom. The fourth-order valence-electron chi connectivity index (χ4n) is 1.86. The van der Waals surface area contributed by atoms with Crippen LogP contribution in [0.3, 0.4) is 0 Å². The molecule has 0 aliphatic heterocycles. The zero-order chi connectivity index (χ0) is 14.3. The summed E-state index contributed by atoms with van der Waals surface area (Å²) >= 11 is 5.91. The Morgan fingerprint density at radius 3 is 2.68 bits per heavy atom. The first-order valence-corrected chi connectivity index (χ1v) is 7.21. The van der Waals surface area contributed by atoms with Crippen LogP contribution >= 0.6 is 11.6 Å². The summed E-state index contributed by atoms with van der Waals surface area (Å²) in [6, 6.07) is 8.38. The van der Waals surface area contributed by atoms with Crippen molar-refractivity contribution in [1.82, 2.24) is 0 Å². The standard InChI is InChI=1S/C16H22ClNO/c1-13-6-7-15(14(10-13)11-17)19-9-5-4-8-16(2,3)12-18/h6-7,10H,4-5,8-9,11H2,1-3H3. The molecule has 0 radical (unpaired) electrons. The minimum absolute atomic E-state index is 0.231. The Labute approximate surface area is 121 Å². The number of rotatable bonds is 7. The van der Waals surface area contributed by atoms with Crippen molar-refractivity contribution >= 4 is 11.6 Å². The van der Waals surface area contributed by atoms with Crippen molar-refractivity contribution in [3.63, 3.8) is 0 Å². The van der Waals surface area contributed by atoms with Crippen molar-refractivity contribution in [3.8, 4) is 11.8 Å². The SMILES string of the molecule is Cc1ccc(OCCCCC(C)(C)C#N)c(CCl)c1. The van der Waals surface area contributed by atoms with Crippen molar-refractivity contribution in [1.29, 1.82) is 5.26 Å². The number of hydrogen-bond donors (Lipinski definition) is 0. The van der Waals surface area contributed by atoms with Gasteiger partial charge >= 0.3 is 0 Å². The minimum Gasteiger partial charge on any atom is -0.493 e. The van der Waals surface area contributed by atoms with Gasteiger partial charge in [0.2, 0.25) is 0 Å². The van der Waals surface area contributed by atoms with Crippen LogP contribution < -0.4 is 4.74 Å². The van der Waals surface area contributed by atoms with Crippen LogP contribution in [0.15, 0.2) is 18.2 Å². The topological polar surface area (TPSA) is 33.0 Å². The van der Waals surface area contributed by atoms with Gasteiger partial charge in [-0.05, 0) is 46.1 Å². The van der Waals surface area contributed by atoms with E-state index in [1.807, 2.05) is 32.9 Å². The lowest BCUT2D eigenvalue weighted by molar-refractivity contribution is 0.293. The third-order valence-corrected chi connectivity index (χ3v) is 3.40. The third kappa shape index (κ3) is 5.53. The van der Waals surface area contributed by atoms with Gasteiger partial charge in [0.25, 0.3) is 0 Å². The number of benzene rings is 1. The molecule has 3 heteroatoms. The summed E-state index contributed by atoms with van der Waals surface area (Å²) in [4.78, 5) is 0. The molecule has 0 spiro atoms. The maximum Gasteiger partial charge on any atom is 0.123 e. The summed E-state index contributed by atoms with van der Waals surface area (Å²) in [5, 5.41) is 8.93. The summed E-state index contributed by atoms with van der Waals surface area (Å²) in [5.41, 5.74) is 2.00. The van der Waals surface area contributed by atoms with E-state index in [1.54, 1.807) is 0 Å². The molecular formula is C16H22ClNO. The number of hydrogen-bond acceptors (Lipinski definition) is 2. The average molecular weight is 280 g/mol. The molecule has 0 saturated heterocycles. The molecule has 0 unspecified atom stereocenters. The van der Waals surface area contributed by atoms with E-state index in [9.17, 15) is 0 Å². The highest BCUT2D eigenvalue weighted by atomic mass is 35.5. The van der Waals surface area contributed by atoms with Crippen molar-refractivity contribution in [2.75, 3.05) is 6.61 Å². The van der Waals surface area contributed by atoms with Gasteiger partial charge in [-0.1, -0.05) is 17.7 Å². The fourth-order valence-corrected chi connectivity index (χ4v) is 2.07. The summed E-state index contributed by atoms with van der Waals surface area (Å²) < 4.78 is 5.76. The van der Waals surface area contributed by atoms with Crippen LogP contribution in [0.25, 0.3) is 0 Å². The summed E-state index contributed by atoms with van der Waals surface area (Å²) in [5.74, 6) is 1.35. The second kappa shape index (κ2) is 7.40. The van der Waals surface area contributed by atoms with Gasteiger partial charge in [-0.2, -0.15) is 5.26 Å². The number of halogens is 1. The molecule has 0 aromatic heterocycles. The van der Waals surface area contributed by atoms with Crippen molar-refractivity contribution < 1.29 is 4.74 Å². The molecule has 0 N–H and O–H groups in total. The molecule has 1 aromatic rings. The van der Waals surface area contributed by atoms with Crippen LogP contribution in [0.4, 0.5) is 0 Å². The summed E-state index contributed by atoms with van der Waals surface area (Å²) in [7, 11) is 0. The molecule has 0 atom stereocenters. The molecule has 0 heterocycles. The van der Waals surface area contributed by atoms with E-state index in [-0.39, 0.29) is 5.41 Å². The van der Waals surface area contributed by atoms with E-state index in [0.717, 1.165) is 30.6 Å². The van der Waals surface area contributed by atoms with E-state index in [2.05, 4.69) is 12.1 Å². The maximum absolute atomic E-state index is 8.93. The molecule has 0 aliphatic carbocycles. The Balaban J connectivity index is 2.36. The zero-order valence-electron chi connectivity index (χ0n) is 12.0. The Morgan fingerprint density at radius 1 is 1.32 bits per heavy atom. The van der Waals surface area contributed by atoms with Crippen molar-refractivity contribution in [2.24, 2.45) is 5.41 Å². The predicted octanol–water partition coefficient (Wildman–Crippen LogP) is 4.83. The number of alkyl halides is 1. The highest BCUT2D eigenvalue weighted by molar-refractivity contribution is 6.17. The lowest BCUT2D eigenvalue weighted by Gasteiger charge is -2.15. The van der Waals surface area contributed by atoms with Gasteiger partial charge in [-0.25, -0.2) is 0 Å². The minimum atomic E-state index is -0.231. The van der Waals surface area contributed by atoms with Gasteiger partial charge in [0.15, 0.2) is 0 Å². The molecule has 104 valence electrons. The van der Waals surface area contributed by atoms with Crippen LogP contribution in [-0.4, -0.2) is 6.61 Å². The fraction of sp³-hybridized carbons (Fsp3) is 0.562. The molecule has 19 heavy (non-hydrogen) atoms. The smallest absolute Gasteiger partial charge is 0.123 e. The molecule has 0 bridgehead atoms. The van der Waals surface area contributed by atoms with Gasteiger partial charge < -0.3 is 4.74 Å². The highest BCUT2D eigenvalue weighted by Crippen LogP contribution is 2.24. The van der Waals surface area contributed by atoms with Gasteiger partial charge in [-0.3, -0.25) is 0 Å². The molecule has 2 nitrogen and oxygen atoms in total. The lowest BCUT2D eigenvalue weighted by atomic mass is 9.89. The monoisotopic (exact) mass is 279 g/mol. The zero-order valence-corrected chi connectivity index (χ0v) is 12.8. The van der Waals surface area contributed by atoms with Gasteiger partial charge in [-0.15, -0.1) is 11.6 Å². The van der Waals surface area contributed by atoms with E-state index < -0.39 is 0 Å². The van der Waals surface area contributed by atoms with Crippen molar-refractivity contribution in [2.45, 2.75) is 45.9 Å². The molecule has 0 fully saturated rings. The number of ether oxygens (including phenoxy) is 1. The van der Waals surface area contributed by atoms with Gasteiger partial charge in [0, 0.05) is 5.56 Å². The van der Waals surface area contributed by atoms with E-state index >= 15 is 0 Å². The van der Waals surface area contributed by atoms with Crippen LogP contribution in [0.2, 0.25) is 0 Å². The largest absolute Gasteiger partial charge is 0.493 e. The molecule has 0 aliphatic rings. The molecule has 0 saturated carbocycles. The van der Waals surface area contributed by atoms with Gasteiger partial charge in [0.1, 0.15) is 5.75 Å². The van der Waals surface area contributed by atoms with Crippen LogP contribution in [0.5, 0.6) is 5.75 Å². The quantitative estimate of drug-likeness (QED) is 0.529. The second-order valence-corrected chi connectivity index (χ2v) is 5.81. The van der Waals surface area contributed by atoms with Crippen molar-refractivity contribution in [3.05, 3.63) is 29.3 Å². The number of nitrogens with zero attached hydrogens (tertiary/aromatic N) is 1. The third-order valence-electron chi connectivity index (χ3n) is 3.12.